The van der Waals surface area contributed by atoms with Gasteiger partial charge in [0, 0.05) is 24.7 Å². The van der Waals surface area contributed by atoms with Crippen LogP contribution in [0.1, 0.15) is 52.9 Å². The van der Waals surface area contributed by atoms with E-state index in [0.29, 0.717) is 0 Å². The van der Waals surface area contributed by atoms with Crippen LogP contribution >= 0.6 is 0 Å². The minimum Gasteiger partial charge on any atom is -0.313 e. The van der Waals surface area contributed by atoms with Crippen LogP contribution < -0.4 is 5.32 Å². The summed E-state index contributed by atoms with van der Waals surface area (Å²) in [5, 5.41) is 3.74. The predicted octanol–water partition coefficient (Wildman–Crippen LogP) is 2.64. The molecule has 16 heavy (non-hydrogen) atoms. The van der Waals surface area contributed by atoms with E-state index in [4.69, 9.17) is 0 Å². The fourth-order valence-electron chi connectivity index (χ4n) is 2.94. The second-order valence-corrected chi connectivity index (χ2v) is 6.20. The lowest BCUT2D eigenvalue weighted by molar-refractivity contribution is 0.255. The van der Waals surface area contributed by atoms with Crippen molar-refractivity contribution < 1.29 is 0 Å². The molecule has 0 radical (unpaired) electrons. The average molecular weight is 224 g/mol. The molecule has 2 nitrogen and oxygen atoms in total. The fraction of sp³-hybridized carbons (Fsp3) is 1.00. The average Bonchev–Trinajstić information content (AvgIpc) is 2.98. The molecule has 1 saturated heterocycles. The number of hydrogen-bond acceptors (Lipinski definition) is 2. The summed E-state index contributed by atoms with van der Waals surface area (Å²) in [6.45, 7) is 9.54. The molecule has 0 bridgehead atoms. The Hall–Kier alpha value is -0.0800. The third-order valence-electron chi connectivity index (χ3n) is 4.03. The zero-order valence-corrected chi connectivity index (χ0v) is 11.2. The van der Waals surface area contributed by atoms with Crippen molar-refractivity contribution in [2.24, 2.45) is 5.92 Å². The lowest BCUT2D eigenvalue weighted by Gasteiger charge is -2.19. The van der Waals surface area contributed by atoms with Crippen LogP contribution in [0.2, 0.25) is 0 Å². The van der Waals surface area contributed by atoms with Gasteiger partial charge >= 0.3 is 0 Å². The molecule has 2 unspecified atom stereocenters. The van der Waals surface area contributed by atoms with E-state index < -0.39 is 0 Å². The van der Waals surface area contributed by atoms with Crippen molar-refractivity contribution in [2.45, 2.75) is 71.0 Å². The monoisotopic (exact) mass is 224 g/mol. The first-order valence-corrected chi connectivity index (χ1v) is 7.16. The summed E-state index contributed by atoms with van der Waals surface area (Å²) in [6, 6.07) is 2.52. The fourth-order valence-corrected chi connectivity index (χ4v) is 2.94. The molecule has 1 heterocycles. The number of likely N-dealkylation sites (tertiary alicyclic amines) is 1. The highest BCUT2D eigenvalue weighted by Gasteiger charge is 2.38. The van der Waals surface area contributed by atoms with Crippen LogP contribution in [-0.2, 0) is 0 Å². The van der Waals surface area contributed by atoms with Crippen molar-refractivity contribution in [1.29, 1.82) is 0 Å². The summed E-state index contributed by atoms with van der Waals surface area (Å²) in [5.74, 6) is 0.854. The molecule has 1 aliphatic heterocycles. The van der Waals surface area contributed by atoms with Crippen molar-refractivity contribution in [2.75, 3.05) is 13.1 Å². The summed E-state index contributed by atoms with van der Waals surface area (Å²) >= 11 is 0. The van der Waals surface area contributed by atoms with E-state index in [1.165, 1.54) is 45.2 Å². The Morgan fingerprint density at radius 1 is 1.31 bits per heavy atom. The molecular weight excluding hydrogens is 196 g/mol. The Morgan fingerprint density at radius 3 is 2.69 bits per heavy atom. The normalized spacial score (nSPS) is 31.5. The predicted molar refractivity (Wildman–Crippen MR) is 69.7 cm³/mol. The van der Waals surface area contributed by atoms with Gasteiger partial charge in [-0.05, 0) is 51.5 Å². The van der Waals surface area contributed by atoms with Gasteiger partial charge < -0.3 is 5.32 Å². The lowest BCUT2D eigenvalue weighted by Crippen LogP contribution is -2.34. The summed E-state index contributed by atoms with van der Waals surface area (Å²) in [4.78, 5) is 2.72. The van der Waals surface area contributed by atoms with Gasteiger partial charge in [-0.1, -0.05) is 13.8 Å². The van der Waals surface area contributed by atoms with Crippen LogP contribution in [0.4, 0.5) is 0 Å². The standard InChI is InChI=1S/C14H28N2/c1-11(2)5-4-8-15-13-9-12(3)16(10-13)14-6-7-14/h11-15H,4-10H2,1-3H3. The van der Waals surface area contributed by atoms with Gasteiger partial charge in [0.1, 0.15) is 0 Å². The van der Waals surface area contributed by atoms with Crippen molar-refractivity contribution in [3.63, 3.8) is 0 Å². The maximum absolute atomic E-state index is 3.74. The first-order chi connectivity index (χ1) is 7.66. The first kappa shape index (κ1) is 12.4. The lowest BCUT2D eigenvalue weighted by atomic mass is 10.1. The van der Waals surface area contributed by atoms with E-state index in [0.717, 1.165) is 24.0 Å². The van der Waals surface area contributed by atoms with E-state index in [1.54, 1.807) is 0 Å². The van der Waals surface area contributed by atoms with Gasteiger partial charge in [0.2, 0.25) is 0 Å². The Bertz CT molecular complexity index is 211. The molecule has 1 saturated carbocycles. The molecule has 94 valence electrons. The SMILES string of the molecule is CC(C)CCCNC1CC(C)N(C2CC2)C1. The van der Waals surface area contributed by atoms with Crippen molar-refractivity contribution in [3.05, 3.63) is 0 Å². The zero-order valence-electron chi connectivity index (χ0n) is 11.2. The number of rotatable bonds is 6. The van der Waals surface area contributed by atoms with Gasteiger partial charge in [-0.15, -0.1) is 0 Å². The van der Waals surface area contributed by atoms with Gasteiger partial charge in [-0.3, -0.25) is 4.90 Å². The molecule has 0 aromatic rings. The molecular formula is C14H28N2. The molecule has 2 heteroatoms. The summed E-state index contributed by atoms with van der Waals surface area (Å²) in [6.07, 6.45) is 6.96. The summed E-state index contributed by atoms with van der Waals surface area (Å²) in [7, 11) is 0. The zero-order chi connectivity index (χ0) is 11.5. The van der Waals surface area contributed by atoms with Crippen molar-refractivity contribution in [1.82, 2.24) is 10.2 Å². The smallest absolute Gasteiger partial charge is 0.0210 e. The molecule has 2 atom stereocenters. The summed E-state index contributed by atoms with van der Waals surface area (Å²) in [5.41, 5.74) is 0. The van der Waals surface area contributed by atoms with E-state index in [1.807, 2.05) is 0 Å². The van der Waals surface area contributed by atoms with E-state index >= 15 is 0 Å². The summed E-state index contributed by atoms with van der Waals surface area (Å²) < 4.78 is 0. The molecule has 2 rings (SSSR count). The van der Waals surface area contributed by atoms with Gasteiger partial charge in [0.25, 0.3) is 0 Å². The molecule has 2 aliphatic rings. The topological polar surface area (TPSA) is 15.3 Å². The van der Waals surface area contributed by atoms with Crippen LogP contribution in [0.5, 0.6) is 0 Å². The number of hydrogen-bond donors (Lipinski definition) is 1. The van der Waals surface area contributed by atoms with Gasteiger partial charge in [-0.2, -0.15) is 0 Å². The van der Waals surface area contributed by atoms with E-state index in [2.05, 4.69) is 31.0 Å². The highest BCUT2D eigenvalue weighted by Crippen LogP contribution is 2.33. The maximum Gasteiger partial charge on any atom is 0.0210 e. The highest BCUT2D eigenvalue weighted by atomic mass is 15.3. The molecule has 0 spiro atoms. The first-order valence-electron chi connectivity index (χ1n) is 7.16. The Balaban J connectivity index is 1.60. The third kappa shape index (κ3) is 3.46. The third-order valence-corrected chi connectivity index (χ3v) is 4.03. The number of nitrogens with one attached hydrogen (secondary N) is 1. The molecule has 1 N–H and O–H groups in total. The maximum atomic E-state index is 3.74. The van der Waals surface area contributed by atoms with Crippen LogP contribution in [0, 0.1) is 5.92 Å². The second-order valence-electron chi connectivity index (χ2n) is 6.20. The number of nitrogens with zero attached hydrogens (tertiary/aromatic N) is 1. The van der Waals surface area contributed by atoms with E-state index in [-0.39, 0.29) is 0 Å². The highest BCUT2D eigenvalue weighted by molar-refractivity contribution is 4.95. The Labute approximate surface area is 101 Å². The van der Waals surface area contributed by atoms with Gasteiger partial charge in [-0.25, -0.2) is 0 Å². The molecule has 0 aromatic heterocycles. The Morgan fingerprint density at radius 2 is 2.06 bits per heavy atom. The minimum absolute atomic E-state index is 0.766. The minimum atomic E-state index is 0.766. The van der Waals surface area contributed by atoms with Crippen LogP contribution in [0.25, 0.3) is 0 Å². The largest absolute Gasteiger partial charge is 0.313 e. The van der Waals surface area contributed by atoms with Gasteiger partial charge in [0.05, 0.1) is 0 Å². The van der Waals surface area contributed by atoms with Crippen LogP contribution in [0.3, 0.4) is 0 Å². The van der Waals surface area contributed by atoms with Crippen LogP contribution in [0.15, 0.2) is 0 Å². The molecule has 1 aliphatic carbocycles. The quantitative estimate of drug-likeness (QED) is 0.698. The van der Waals surface area contributed by atoms with E-state index in [9.17, 15) is 0 Å². The molecule has 0 amide bonds. The van der Waals surface area contributed by atoms with Crippen LogP contribution in [-0.4, -0.2) is 36.1 Å². The van der Waals surface area contributed by atoms with Gasteiger partial charge in [0.15, 0.2) is 0 Å². The van der Waals surface area contributed by atoms with Crippen molar-refractivity contribution >= 4 is 0 Å². The molecule has 0 aromatic carbocycles. The Kier molecular flexibility index (Phi) is 4.26. The molecule has 2 fully saturated rings. The second kappa shape index (κ2) is 5.50. The van der Waals surface area contributed by atoms with Crippen molar-refractivity contribution in [3.8, 4) is 0 Å².